The summed E-state index contributed by atoms with van der Waals surface area (Å²) < 4.78 is 0. The molecule has 2 amide bonds. The van der Waals surface area contributed by atoms with Gasteiger partial charge in [0.25, 0.3) is 0 Å². The minimum Gasteiger partial charge on any atom is -0.335 e. The van der Waals surface area contributed by atoms with Crippen LogP contribution in [0.4, 0.5) is 22.0 Å². The Kier molecular flexibility index (Phi) is 3.73. The molecular weight excluding hydrogens is 264 g/mol. The van der Waals surface area contributed by atoms with E-state index in [1.165, 1.54) is 0 Å². The molecule has 21 heavy (non-hydrogen) atoms. The lowest BCUT2D eigenvalue weighted by molar-refractivity contribution is 0.251. The number of carbonyl (C=O) groups is 1. The largest absolute Gasteiger partial charge is 0.335 e. The fourth-order valence-corrected chi connectivity index (χ4v) is 2.02. The van der Waals surface area contributed by atoms with Crippen molar-refractivity contribution in [3.05, 3.63) is 48.7 Å². The van der Waals surface area contributed by atoms with Gasteiger partial charge < -0.3 is 15.5 Å². The number of rotatable bonds is 4. The number of pyridine rings is 1. The van der Waals surface area contributed by atoms with E-state index in [1.807, 2.05) is 54.4 Å². The van der Waals surface area contributed by atoms with Crippen LogP contribution in [0, 0.1) is 0 Å². The van der Waals surface area contributed by atoms with Gasteiger partial charge in [0.05, 0.1) is 11.9 Å². The lowest BCUT2D eigenvalue weighted by Crippen LogP contribution is -2.30. The molecule has 1 aromatic carbocycles. The molecule has 0 unspecified atom stereocenters. The first kappa shape index (κ1) is 13.4. The third kappa shape index (κ3) is 3.51. The Hall–Kier alpha value is -2.56. The normalized spacial score (nSPS) is 13.6. The van der Waals surface area contributed by atoms with Gasteiger partial charge in [-0.2, -0.15) is 0 Å². The fourth-order valence-electron chi connectivity index (χ4n) is 2.02. The van der Waals surface area contributed by atoms with E-state index >= 15 is 0 Å². The zero-order chi connectivity index (χ0) is 14.7. The highest BCUT2D eigenvalue weighted by Gasteiger charge is 2.23. The molecule has 5 heteroatoms. The SMILES string of the molecule is CN(c1ccccc1)c1ccc(NC(=O)NC2CC2)cn1. The lowest BCUT2D eigenvalue weighted by atomic mass is 10.3. The number of nitrogens with zero attached hydrogens (tertiary/aromatic N) is 2. The third-order valence-electron chi connectivity index (χ3n) is 3.41. The Bertz CT molecular complexity index is 608. The van der Waals surface area contributed by atoms with Crippen molar-refractivity contribution in [2.75, 3.05) is 17.3 Å². The van der Waals surface area contributed by atoms with E-state index in [2.05, 4.69) is 15.6 Å². The molecule has 0 saturated heterocycles. The lowest BCUT2D eigenvalue weighted by Gasteiger charge is -2.18. The summed E-state index contributed by atoms with van der Waals surface area (Å²) in [7, 11) is 1.96. The van der Waals surface area contributed by atoms with Gasteiger partial charge >= 0.3 is 6.03 Å². The summed E-state index contributed by atoms with van der Waals surface area (Å²) in [6, 6.07) is 13.9. The highest BCUT2D eigenvalue weighted by molar-refractivity contribution is 5.89. The standard InChI is InChI=1S/C16H18N4O/c1-20(14-5-3-2-4-6-14)15-10-9-13(11-17-15)19-16(21)18-12-7-8-12/h2-6,9-12H,7-8H2,1H3,(H2,18,19,21). The summed E-state index contributed by atoms with van der Waals surface area (Å²) in [6.07, 6.45) is 3.82. The van der Waals surface area contributed by atoms with Crippen molar-refractivity contribution in [3.63, 3.8) is 0 Å². The van der Waals surface area contributed by atoms with Gasteiger partial charge in [0.15, 0.2) is 0 Å². The van der Waals surface area contributed by atoms with Gasteiger partial charge in [0, 0.05) is 18.8 Å². The highest BCUT2D eigenvalue weighted by atomic mass is 16.2. The zero-order valence-electron chi connectivity index (χ0n) is 11.9. The van der Waals surface area contributed by atoms with Crippen molar-refractivity contribution >= 4 is 23.2 Å². The van der Waals surface area contributed by atoms with E-state index in [4.69, 9.17) is 0 Å². The van der Waals surface area contributed by atoms with Crippen molar-refractivity contribution in [1.82, 2.24) is 10.3 Å². The quantitative estimate of drug-likeness (QED) is 0.905. The van der Waals surface area contributed by atoms with Crippen LogP contribution in [-0.2, 0) is 0 Å². The molecule has 1 aromatic heterocycles. The molecule has 1 heterocycles. The topological polar surface area (TPSA) is 57.3 Å². The molecule has 3 rings (SSSR count). The van der Waals surface area contributed by atoms with E-state index in [-0.39, 0.29) is 6.03 Å². The summed E-state index contributed by atoms with van der Waals surface area (Å²) in [6.45, 7) is 0. The number of benzene rings is 1. The second-order valence-electron chi connectivity index (χ2n) is 5.17. The van der Waals surface area contributed by atoms with Crippen molar-refractivity contribution in [2.24, 2.45) is 0 Å². The van der Waals surface area contributed by atoms with Gasteiger partial charge in [-0.3, -0.25) is 0 Å². The average molecular weight is 282 g/mol. The van der Waals surface area contributed by atoms with Crippen LogP contribution in [0.3, 0.4) is 0 Å². The maximum atomic E-state index is 11.6. The number of carbonyl (C=O) groups excluding carboxylic acids is 1. The van der Waals surface area contributed by atoms with E-state index in [9.17, 15) is 4.79 Å². The van der Waals surface area contributed by atoms with Crippen LogP contribution in [0.15, 0.2) is 48.7 Å². The second-order valence-corrected chi connectivity index (χ2v) is 5.17. The Morgan fingerprint density at radius 2 is 1.95 bits per heavy atom. The third-order valence-corrected chi connectivity index (χ3v) is 3.41. The molecule has 2 aromatic rings. The Morgan fingerprint density at radius 3 is 2.57 bits per heavy atom. The molecule has 108 valence electrons. The molecule has 1 saturated carbocycles. The smallest absolute Gasteiger partial charge is 0.319 e. The molecular formula is C16H18N4O. The summed E-state index contributed by atoms with van der Waals surface area (Å²) in [5.41, 5.74) is 1.76. The first-order valence-corrected chi connectivity index (χ1v) is 7.05. The first-order chi connectivity index (χ1) is 10.2. The van der Waals surface area contributed by atoms with E-state index in [1.54, 1.807) is 6.20 Å². The van der Waals surface area contributed by atoms with Crippen LogP contribution >= 0.6 is 0 Å². The number of amides is 2. The molecule has 1 fully saturated rings. The molecule has 1 aliphatic carbocycles. The first-order valence-electron chi connectivity index (χ1n) is 7.05. The van der Waals surface area contributed by atoms with Crippen molar-refractivity contribution < 1.29 is 4.79 Å². The number of urea groups is 1. The van der Waals surface area contributed by atoms with Crippen LogP contribution in [0.2, 0.25) is 0 Å². The van der Waals surface area contributed by atoms with Gasteiger partial charge in [0.2, 0.25) is 0 Å². The minimum atomic E-state index is -0.163. The van der Waals surface area contributed by atoms with Gasteiger partial charge in [-0.25, -0.2) is 9.78 Å². The summed E-state index contributed by atoms with van der Waals surface area (Å²) in [4.78, 5) is 18.0. The maximum absolute atomic E-state index is 11.6. The van der Waals surface area contributed by atoms with Gasteiger partial charge in [-0.1, -0.05) is 18.2 Å². The number of nitrogens with one attached hydrogen (secondary N) is 2. The van der Waals surface area contributed by atoms with Crippen LogP contribution in [-0.4, -0.2) is 24.1 Å². The second kappa shape index (κ2) is 5.83. The molecule has 0 radical (unpaired) electrons. The highest BCUT2D eigenvalue weighted by Crippen LogP contribution is 2.22. The predicted octanol–water partition coefficient (Wildman–Crippen LogP) is 3.13. The molecule has 5 nitrogen and oxygen atoms in total. The van der Waals surface area contributed by atoms with Gasteiger partial charge in [0.1, 0.15) is 5.82 Å². The van der Waals surface area contributed by atoms with Crippen LogP contribution in [0.1, 0.15) is 12.8 Å². The Labute approximate surface area is 124 Å². The monoisotopic (exact) mass is 282 g/mol. The van der Waals surface area contributed by atoms with Crippen LogP contribution < -0.4 is 15.5 Å². The summed E-state index contributed by atoms with van der Waals surface area (Å²) in [5.74, 6) is 0.828. The van der Waals surface area contributed by atoms with Crippen LogP contribution in [0.5, 0.6) is 0 Å². The van der Waals surface area contributed by atoms with E-state index < -0.39 is 0 Å². The Morgan fingerprint density at radius 1 is 1.19 bits per heavy atom. The number of anilines is 3. The number of aromatic nitrogens is 1. The van der Waals surface area contributed by atoms with Gasteiger partial charge in [-0.05, 0) is 37.1 Å². The van der Waals surface area contributed by atoms with Gasteiger partial charge in [-0.15, -0.1) is 0 Å². The predicted molar refractivity (Wildman–Crippen MR) is 83.9 cm³/mol. The zero-order valence-corrected chi connectivity index (χ0v) is 11.9. The molecule has 2 N–H and O–H groups in total. The molecule has 0 spiro atoms. The molecule has 0 bridgehead atoms. The number of hydrogen-bond acceptors (Lipinski definition) is 3. The molecule has 0 aliphatic heterocycles. The maximum Gasteiger partial charge on any atom is 0.319 e. The molecule has 0 atom stereocenters. The fraction of sp³-hybridized carbons (Fsp3) is 0.250. The number of hydrogen-bond donors (Lipinski definition) is 2. The average Bonchev–Trinajstić information content (AvgIpc) is 3.32. The summed E-state index contributed by atoms with van der Waals surface area (Å²) >= 11 is 0. The van der Waals surface area contributed by atoms with E-state index in [0.717, 1.165) is 24.3 Å². The molecule has 1 aliphatic rings. The number of para-hydroxylation sites is 1. The van der Waals surface area contributed by atoms with E-state index in [0.29, 0.717) is 11.7 Å². The van der Waals surface area contributed by atoms with Crippen molar-refractivity contribution in [2.45, 2.75) is 18.9 Å². The van der Waals surface area contributed by atoms with Crippen molar-refractivity contribution in [1.29, 1.82) is 0 Å². The van der Waals surface area contributed by atoms with Crippen LogP contribution in [0.25, 0.3) is 0 Å². The Balaban J connectivity index is 1.64. The summed E-state index contributed by atoms with van der Waals surface area (Å²) in [5, 5.41) is 5.67. The van der Waals surface area contributed by atoms with Crippen molar-refractivity contribution in [3.8, 4) is 0 Å². The minimum absolute atomic E-state index is 0.163.